The first-order chi connectivity index (χ1) is 13.6. The number of aryl methyl sites for hydroxylation is 1. The number of halogens is 1. The maximum Gasteiger partial charge on any atom is 0.338 e. The number of ether oxygens (including phenoxy) is 4. The zero-order valence-electron chi connectivity index (χ0n) is 14.8. The Morgan fingerprint density at radius 1 is 1.18 bits per heavy atom. The van der Waals surface area contributed by atoms with Gasteiger partial charge in [0.1, 0.15) is 12.4 Å². The summed E-state index contributed by atoms with van der Waals surface area (Å²) in [6, 6.07) is 9.98. The molecule has 4 rings (SSSR count). The minimum atomic E-state index is -0.464. The maximum atomic E-state index is 12.2. The van der Waals surface area contributed by atoms with E-state index in [1.165, 1.54) is 0 Å². The number of rotatable bonds is 6. The largest absolute Gasteiger partial charge is 0.485 e. The fraction of sp³-hybridized carbons (Fsp3) is 0.211. The van der Waals surface area contributed by atoms with Gasteiger partial charge in [-0.2, -0.15) is 4.98 Å². The first-order valence-electron chi connectivity index (χ1n) is 8.35. The summed E-state index contributed by atoms with van der Waals surface area (Å²) < 4.78 is 26.3. The van der Waals surface area contributed by atoms with Crippen LogP contribution >= 0.6 is 11.6 Å². The molecular weight excluding hydrogens is 388 g/mol. The van der Waals surface area contributed by atoms with Gasteiger partial charge in [0.2, 0.25) is 18.5 Å². The van der Waals surface area contributed by atoms with Gasteiger partial charge >= 0.3 is 5.97 Å². The Morgan fingerprint density at radius 2 is 2.00 bits per heavy atom. The number of esters is 1. The number of hydrogen-bond acceptors (Lipinski definition) is 8. The first kappa shape index (κ1) is 18.1. The SMILES string of the molecule is Cc1nc(COc2ccc(C(=O)OCc3cc(Cl)c4c(c3)OCO4)cc2)no1. The highest BCUT2D eigenvalue weighted by Crippen LogP contribution is 2.39. The number of carbonyl (C=O) groups excluding carboxylic acids is 1. The van der Waals surface area contributed by atoms with Crippen LogP contribution < -0.4 is 14.2 Å². The third-order valence-corrected chi connectivity index (χ3v) is 4.17. The Balaban J connectivity index is 1.33. The van der Waals surface area contributed by atoms with Crippen molar-refractivity contribution in [3.8, 4) is 17.2 Å². The molecule has 8 nitrogen and oxygen atoms in total. The van der Waals surface area contributed by atoms with Gasteiger partial charge in [-0.15, -0.1) is 0 Å². The highest BCUT2D eigenvalue weighted by Gasteiger charge is 2.19. The van der Waals surface area contributed by atoms with E-state index in [2.05, 4.69) is 10.1 Å². The van der Waals surface area contributed by atoms with Crippen molar-refractivity contribution in [2.24, 2.45) is 0 Å². The van der Waals surface area contributed by atoms with Crippen molar-refractivity contribution >= 4 is 17.6 Å². The lowest BCUT2D eigenvalue weighted by atomic mass is 10.2. The van der Waals surface area contributed by atoms with E-state index in [0.717, 1.165) is 0 Å². The van der Waals surface area contributed by atoms with Gasteiger partial charge in [-0.05, 0) is 42.0 Å². The Hall–Kier alpha value is -3.26. The van der Waals surface area contributed by atoms with E-state index in [-0.39, 0.29) is 20.0 Å². The molecule has 0 bridgehead atoms. The normalized spacial score (nSPS) is 12.1. The Labute approximate surface area is 164 Å². The van der Waals surface area contributed by atoms with Crippen LogP contribution in [0, 0.1) is 6.92 Å². The van der Waals surface area contributed by atoms with E-state index in [1.807, 2.05) is 0 Å². The molecule has 0 saturated heterocycles. The third kappa shape index (κ3) is 4.01. The van der Waals surface area contributed by atoms with Gasteiger partial charge < -0.3 is 23.5 Å². The lowest BCUT2D eigenvalue weighted by molar-refractivity contribution is 0.0472. The molecule has 1 aliphatic rings. The Kier molecular flexibility index (Phi) is 5.03. The second-order valence-corrected chi connectivity index (χ2v) is 6.34. The molecule has 0 saturated carbocycles. The van der Waals surface area contributed by atoms with E-state index < -0.39 is 5.97 Å². The second-order valence-electron chi connectivity index (χ2n) is 5.93. The molecule has 9 heteroatoms. The molecule has 0 fully saturated rings. The van der Waals surface area contributed by atoms with Crippen molar-refractivity contribution in [3.63, 3.8) is 0 Å². The van der Waals surface area contributed by atoms with E-state index >= 15 is 0 Å². The second kappa shape index (κ2) is 7.77. The average Bonchev–Trinajstić information content (AvgIpc) is 3.34. The van der Waals surface area contributed by atoms with Crippen molar-refractivity contribution in [2.45, 2.75) is 20.1 Å². The van der Waals surface area contributed by atoms with Crippen molar-refractivity contribution in [2.75, 3.05) is 6.79 Å². The van der Waals surface area contributed by atoms with Gasteiger partial charge in [-0.25, -0.2) is 4.79 Å². The molecule has 0 amide bonds. The van der Waals surface area contributed by atoms with E-state index in [0.29, 0.717) is 45.1 Å². The van der Waals surface area contributed by atoms with Gasteiger partial charge in [-0.1, -0.05) is 16.8 Å². The van der Waals surface area contributed by atoms with E-state index in [1.54, 1.807) is 43.3 Å². The fourth-order valence-corrected chi connectivity index (χ4v) is 2.86. The van der Waals surface area contributed by atoms with Crippen LogP contribution in [-0.4, -0.2) is 22.9 Å². The highest BCUT2D eigenvalue weighted by molar-refractivity contribution is 6.32. The van der Waals surface area contributed by atoms with Crippen LogP contribution in [0.3, 0.4) is 0 Å². The predicted molar refractivity (Wildman–Crippen MR) is 96.5 cm³/mol. The number of hydrogen-bond donors (Lipinski definition) is 0. The maximum absolute atomic E-state index is 12.2. The number of fused-ring (bicyclic) bond motifs is 1. The molecule has 0 unspecified atom stereocenters. The van der Waals surface area contributed by atoms with Crippen molar-refractivity contribution in [3.05, 3.63) is 64.3 Å². The summed E-state index contributed by atoms with van der Waals surface area (Å²) >= 11 is 6.13. The van der Waals surface area contributed by atoms with Crippen molar-refractivity contribution < 1.29 is 28.3 Å². The Morgan fingerprint density at radius 3 is 2.75 bits per heavy atom. The standard InChI is InChI=1S/C19H15ClN2O6/c1-11-21-17(22-28-11)9-24-14-4-2-13(3-5-14)19(23)25-8-12-6-15(20)18-16(7-12)26-10-27-18/h2-7H,8-10H2,1H3. The predicted octanol–water partition coefficient (Wildman–Crippen LogP) is 3.70. The summed E-state index contributed by atoms with van der Waals surface area (Å²) in [7, 11) is 0. The number of benzene rings is 2. The van der Waals surface area contributed by atoms with Crippen LogP contribution in [-0.2, 0) is 18.0 Å². The first-order valence-corrected chi connectivity index (χ1v) is 8.73. The zero-order valence-corrected chi connectivity index (χ0v) is 15.6. The summed E-state index contributed by atoms with van der Waals surface area (Å²) in [6.07, 6.45) is 0. The van der Waals surface area contributed by atoms with Crippen LogP contribution in [0.5, 0.6) is 17.2 Å². The molecule has 1 aliphatic heterocycles. The summed E-state index contributed by atoms with van der Waals surface area (Å²) in [5, 5.41) is 4.16. The molecule has 2 aromatic carbocycles. The zero-order chi connectivity index (χ0) is 19.5. The molecule has 3 aromatic rings. The smallest absolute Gasteiger partial charge is 0.338 e. The molecule has 0 atom stereocenters. The van der Waals surface area contributed by atoms with Crippen molar-refractivity contribution in [1.82, 2.24) is 10.1 Å². The summed E-state index contributed by atoms with van der Waals surface area (Å²) in [4.78, 5) is 16.3. The molecule has 1 aromatic heterocycles. The van der Waals surface area contributed by atoms with Gasteiger partial charge in [-0.3, -0.25) is 0 Å². The van der Waals surface area contributed by atoms with E-state index in [9.17, 15) is 4.79 Å². The summed E-state index contributed by atoms with van der Waals surface area (Å²) in [5.74, 6) is 2.07. The van der Waals surface area contributed by atoms with Crippen LogP contribution in [0.15, 0.2) is 40.9 Å². The number of aromatic nitrogens is 2. The van der Waals surface area contributed by atoms with Crippen LogP contribution in [0.2, 0.25) is 5.02 Å². The third-order valence-electron chi connectivity index (χ3n) is 3.88. The van der Waals surface area contributed by atoms with Crippen LogP contribution in [0.4, 0.5) is 0 Å². The lowest BCUT2D eigenvalue weighted by Gasteiger charge is -2.08. The van der Waals surface area contributed by atoms with Crippen LogP contribution in [0.25, 0.3) is 0 Å². The molecule has 0 radical (unpaired) electrons. The minimum Gasteiger partial charge on any atom is -0.485 e. The molecule has 144 valence electrons. The molecular formula is C19H15ClN2O6. The molecule has 0 N–H and O–H groups in total. The van der Waals surface area contributed by atoms with Crippen molar-refractivity contribution in [1.29, 1.82) is 0 Å². The summed E-state index contributed by atoms with van der Waals surface area (Å²) in [5.41, 5.74) is 1.10. The monoisotopic (exact) mass is 402 g/mol. The number of carbonyl (C=O) groups is 1. The molecule has 0 spiro atoms. The van der Waals surface area contributed by atoms with Gasteiger partial charge in [0.05, 0.1) is 10.6 Å². The lowest BCUT2D eigenvalue weighted by Crippen LogP contribution is -2.05. The van der Waals surface area contributed by atoms with Crippen LogP contribution in [0.1, 0.15) is 27.6 Å². The van der Waals surface area contributed by atoms with Gasteiger partial charge in [0.25, 0.3) is 0 Å². The average molecular weight is 403 g/mol. The fourth-order valence-electron chi connectivity index (χ4n) is 2.57. The Bertz CT molecular complexity index is 1000. The minimum absolute atomic E-state index is 0.0601. The quantitative estimate of drug-likeness (QED) is 0.576. The molecule has 0 aliphatic carbocycles. The van der Waals surface area contributed by atoms with Gasteiger partial charge in [0, 0.05) is 6.92 Å². The topological polar surface area (TPSA) is 92.9 Å². The summed E-state index contributed by atoms with van der Waals surface area (Å²) in [6.45, 7) is 2.06. The number of nitrogens with zero attached hydrogens (tertiary/aromatic N) is 2. The molecule has 28 heavy (non-hydrogen) atoms. The molecule has 2 heterocycles. The van der Waals surface area contributed by atoms with Gasteiger partial charge in [0.15, 0.2) is 18.1 Å². The highest BCUT2D eigenvalue weighted by atomic mass is 35.5. The van der Waals surface area contributed by atoms with E-state index in [4.69, 9.17) is 35.1 Å².